The lowest BCUT2D eigenvalue weighted by atomic mass is 10.0. The van der Waals surface area contributed by atoms with Crippen LogP contribution in [0.5, 0.6) is 5.75 Å². The summed E-state index contributed by atoms with van der Waals surface area (Å²) >= 11 is 0. The van der Waals surface area contributed by atoms with E-state index >= 15 is 0 Å². The molecule has 1 saturated heterocycles. The van der Waals surface area contributed by atoms with Crippen molar-refractivity contribution in [3.63, 3.8) is 0 Å². The Labute approximate surface area is 205 Å². The van der Waals surface area contributed by atoms with Gasteiger partial charge in [0.1, 0.15) is 0 Å². The van der Waals surface area contributed by atoms with Gasteiger partial charge in [-0.1, -0.05) is 48.5 Å². The van der Waals surface area contributed by atoms with Crippen LogP contribution in [0.1, 0.15) is 28.8 Å². The number of hydrogen-bond acceptors (Lipinski definition) is 4. The van der Waals surface area contributed by atoms with Crippen molar-refractivity contribution in [2.45, 2.75) is 25.4 Å². The second-order valence-electron chi connectivity index (χ2n) is 8.71. The summed E-state index contributed by atoms with van der Waals surface area (Å²) in [6, 6.07) is 22.4. The van der Waals surface area contributed by atoms with Gasteiger partial charge in [0.15, 0.2) is 11.6 Å². The number of ether oxygens (including phenoxy) is 1. The van der Waals surface area contributed by atoms with Gasteiger partial charge in [-0.25, -0.2) is 4.39 Å². The quantitative estimate of drug-likeness (QED) is 0.517. The molecule has 1 aliphatic rings. The summed E-state index contributed by atoms with van der Waals surface area (Å²) in [5.74, 6) is -0.593. The number of nitrogens with zero attached hydrogens (tertiary/aromatic N) is 1. The fourth-order valence-corrected chi connectivity index (χ4v) is 4.29. The van der Waals surface area contributed by atoms with Crippen molar-refractivity contribution < 1.29 is 18.7 Å². The first-order valence-electron chi connectivity index (χ1n) is 11.8. The van der Waals surface area contributed by atoms with E-state index in [2.05, 4.69) is 15.5 Å². The van der Waals surface area contributed by atoms with Gasteiger partial charge in [-0.3, -0.25) is 14.5 Å². The molecule has 6 nitrogen and oxygen atoms in total. The van der Waals surface area contributed by atoms with Crippen LogP contribution in [-0.4, -0.2) is 49.5 Å². The molecule has 0 aliphatic carbocycles. The third-order valence-electron chi connectivity index (χ3n) is 6.24. The van der Waals surface area contributed by atoms with Crippen LogP contribution in [0.3, 0.4) is 0 Å². The fraction of sp³-hybridized carbons (Fsp3) is 0.286. The van der Waals surface area contributed by atoms with Crippen molar-refractivity contribution in [2.24, 2.45) is 0 Å². The van der Waals surface area contributed by atoms with E-state index in [4.69, 9.17) is 4.74 Å². The van der Waals surface area contributed by atoms with Crippen LogP contribution in [0.25, 0.3) is 11.1 Å². The van der Waals surface area contributed by atoms with E-state index in [9.17, 15) is 14.0 Å². The fourth-order valence-electron chi connectivity index (χ4n) is 4.29. The van der Waals surface area contributed by atoms with Crippen LogP contribution in [0.4, 0.5) is 4.39 Å². The number of amides is 2. The number of carbonyl (C=O) groups excluding carboxylic acids is 2. The van der Waals surface area contributed by atoms with Gasteiger partial charge in [-0.2, -0.15) is 0 Å². The van der Waals surface area contributed by atoms with Crippen molar-refractivity contribution in [3.05, 3.63) is 89.7 Å². The SMILES string of the molecule is COc1ccc(CN2CCC(NC(=O)CNC(=O)c3ccc(-c4ccccc4)cc3)CC2)cc1F. The average molecular weight is 476 g/mol. The molecule has 0 aromatic heterocycles. The van der Waals surface area contributed by atoms with Gasteiger partial charge >= 0.3 is 0 Å². The third kappa shape index (κ3) is 6.67. The minimum Gasteiger partial charge on any atom is -0.494 e. The Bertz CT molecular complexity index is 1140. The molecule has 3 aromatic rings. The van der Waals surface area contributed by atoms with E-state index in [1.807, 2.05) is 48.5 Å². The lowest BCUT2D eigenvalue weighted by molar-refractivity contribution is -0.121. The van der Waals surface area contributed by atoms with Crippen LogP contribution < -0.4 is 15.4 Å². The van der Waals surface area contributed by atoms with Crippen molar-refractivity contribution in [1.82, 2.24) is 15.5 Å². The molecule has 0 unspecified atom stereocenters. The highest BCUT2D eigenvalue weighted by Crippen LogP contribution is 2.21. The summed E-state index contributed by atoms with van der Waals surface area (Å²) in [4.78, 5) is 27.0. The van der Waals surface area contributed by atoms with Gasteiger partial charge in [-0.05, 0) is 53.8 Å². The number of methoxy groups -OCH3 is 1. The van der Waals surface area contributed by atoms with Crippen LogP contribution >= 0.6 is 0 Å². The predicted molar refractivity (Wildman–Crippen MR) is 134 cm³/mol. The van der Waals surface area contributed by atoms with Crippen LogP contribution in [0, 0.1) is 5.82 Å². The first kappa shape index (κ1) is 24.4. The van der Waals surface area contributed by atoms with Gasteiger partial charge < -0.3 is 15.4 Å². The van der Waals surface area contributed by atoms with Crippen molar-refractivity contribution >= 4 is 11.8 Å². The second-order valence-corrected chi connectivity index (χ2v) is 8.71. The molecule has 2 N–H and O–H groups in total. The zero-order valence-corrected chi connectivity index (χ0v) is 19.8. The minimum atomic E-state index is -0.360. The molecule has 1 fully saturated rings. The monoisotopic (exact) mass is 475 g/mol. The number of hydrogen-bond donors (Lipinski definition) is 2. The van der Waals surface area contributed by atoms with Gasteiger partial charge in [-0.15, -0.1) is 0 Å². The Hall–Kier alpha value is -3.71. The molecule has 0 spiro atoms. The number of carbonyl (C=O) groups is 2. The van der Waals surface area contributed by atoms with Gasteiger partial charge in [0, 0.05) is 31.2 Å². The van der Waals surface area contributed by atoms with Gasteiger partial charge in [0.25, 0.3) is 5.91 Å². The van der Waals surface area contributed by atoms with E-state index in [-0.39, 0.29) is 36.0 Å². The molecule has 4 rings (SSSR count). The van der Waals surface area contributed by atoms with E-state index in [0.29, 0.717) is 12.1 Å². The molecule has 0 saturated carbocycles. The first-order chi connectivity index (χ1) is 17.0. The van der Waals surface area contributed by atoms with E-state index in [1.165, 1.54) is 13.2 Å². The lowest BCUT2D eigenvalue weighted by Crippen LogP contribution is -2.47. The van der Waals surface area contributed by atoms with Gasteiger partial charge in [0.05, 0.1) is 13.7 Å². The molecule has 0 bridgehead atoms. The van der Waals surface area contributed by atoms with E-state index < -0.39 is 0 Å². The third-order valence-corrected chi connectivity index (χ3v) is 6.24. The highest BCUT2D eigenvalue weighted by molar-refractivity contribution is 5.96. The Morgan fingerprint density at radius 3 is 2.31 bits per heavy atom. The number of piperidine rings is 1. The number of nitrogens with one attached hydrogen (secondary N) is 2. The summed E-state index contributed by atoms with van der Waals surface area (Å²) < 4.78 is 18.9. The Morgan fingerprint density at radius 2 is 1.66 bits per heavy atom. The van der Waals surface area contributed by atoms with Crippen molar-refractivity contribution in [2.75, 3.05) is 26.7 Å². The van der Waals surface area contributed by atoms with Gasteiger partial charge in [0.2, 0.25) is 5.91 Å². The summed E-state index contributed by atoms with van der Waals surface area (Å²) in [7, 11) is 1.45. The van der Waals surface area contributed by atoms with Crippen molar-refractivity contribution in [1.29, 1.82) is 0 Å². The molecule has 7 heteroatoms. The van der Waals surface area contributed by atoms with Crippen LogP contribution in [0.2, 0.25) is 0 Å². The molecule has 0 atom stereocenters. The maximum absolute atomic E-state index is 13.9. The molecular weight excluding hydrogens is 445 g/mol. The molecule has 35 heavy (non-hydrogen) atoms. The normalized spacial score (nSPS) is 14.3. The lowest BCUT2D eigenvalue weighted by Gasteiger charge is -2.32. The highest BCUT2D eigenvalue weighted by atomic mass is 19.1. The summed E-state index contributed by atoms with van der Waals surface area (Å²) in [5.41, 5.74) is 3.52. The molecule has 3 aromatic carbocycles. The number of benzene rings is 3. The number of rotatable bonds is 8. The summed E-state index contributed by atoms with van der Waals surface area (Å²) in [6.45, 7) is 2.20. The molecule has 1 heterocycles. The second kappa shape index (κ2) is 11.6. The topological polar surface area (TPSA) is 70.7 Å². The number of likely N-dealkylation sites (tertiary alicyclic amines) is 1. The average Bonchev–Trinajstić information content (AvgIpc) is 2.89. The standard InChI is InChI=1S/C28H30FN3O3/c1-35-26-12-7-20(17-25(26)29)19-32-15-13-24(14-16-32)31-27(33)18-30-28(34)23-10-8-22(9-11-23)21-5-3-2-4-6-21/h2-12,17,24H,13-16,18-19H2,1H3,(H,30,34)(H,31,33). The van der Waals surface area contributed by atoms with E-state index in [0.717, 1.165) is 42.6 Å². The minimum absolute atomic E-state index is 0.0633. The van der Waals surface area contributed by atoms with Crippen LogP contribution in [-0.2, 0) is 11.3 Å². The van der Waals surface area contributed by atoms with E-state index in [1.54, 1.807) is 18.2 Å². The molecule has 2 amide bonds. The Morgan fingerprint density at radius 1 is 0.971 bits per heavy atom. The zero-order chi connectivity index (χ0) is 24.6. The highest BCUT2D eigenvalue weighted by Gasteiger charge is 2.21. The van der Waals surface area contributed by atoms with Crippen LogP contribution in [0.15, 0.2) is 72.8 Å². The van der Waals surface area contributed by atoms with Crippen molar-refractivity contribution in [3.8, 4) is 16.9 Å². The molecule has 0 radical (unpaired) electrons. The smallest absolute Gasteiger partial charge is 0.251 e. The maximum Gasteiger partial charge on any atom is 0.251 e. The molecular formula is C28H30FN3O3. The predicted octanol–water partition coefficient (Wildman–Crippen LogP) is 4.01. The number of halogens is 1. The summed E-state index contributed by atoms with van der Waals surface area (Å²) in [6.07, 6.45) is 1.61. The Kier molecular flexibility index (Phi) is 8.11. The Balaban J connectivity index is 1.18. The first-order valence-corrected chi connectivity index (χ1v) is 11.8. The molecule has 1 aliphatic heterocycles. The maximum atomic E-state index is 13.9. The zero-order valence-electron chi connectivity index (χ0n) is 19.8. The molecule has 182 valence electrons. The summed E-state index contributed by atoms with van der Waals surface area (Å²) in [5, 5.41) is 5.70. The largest absolute Gasteiger partial charge is 0.494 e.